The molecule has 4 rings (SSSR count). The maximum absolute atomic E-state index is 13.6. The molecule has 0 aromatic heterocycles. The lowest BCUT2D eigenvalue weighted by atomic mass is 10.1. The fourth-order valence-electron chi connectivity index (χ4n) is 3.80. The third kappa shape index (κ3) is 5.02. The summed E-state index contributed by atoms with van der Waals surface area (Å²) < 4.78 is 5.48. The number of hydrogen-bond donors (Lipinski definition) is 1. The zero-order valence-electron chi connectivity index (χ0n) is 19.6. The van der Waals surface area contributed by atoms with Crippen LogP contribution < -0.4 is 15.0 Å². The molecule has 0 radical (unpaired) electrons. The van der Waals surface area contributed by atoms with Crippen LogP contribution in [0.1, 0.15) is 30.9 Å². The van der Waals surface area contributed by atoms with E-state index in [-0.39, 0.29) is 17.5 Å². The Balaban J connectivity index is 1.71. The Kier molecular flexibility index (Phi) is 7.38. The topological polar surface area (TPSA) is 58.6 Å². The minimum atomic E-state index is -0.381. The molecule has 1 N–H and O–H groups in total. The van der Waals surface area contributed by atoms with Crippen molar-refractivity contribution in [3.8, 4) is 5.75 Å². The van der Waals surface area contributed by atoms with Crippen LogP contribution in [0.4, 0.5) is 11.4 Å². The molecule has 0 saturated carbocycles. The van der Waals surface area contributed by atoms with E-state index in [0.29, 0.717) is 22.0 Å². The SMILES string of the molecule is CCCCc1ccc(N2C(=O)C(Nc3cc(C)ccc3OC)=C(Sc3ccccc3)C2=O)cc1. The first-order chi connectivity index (χ1) is 16.5. The summed E-state index contributed by atoms with van der Waals surface area (Å²) in [7, 11) is 1.58. The van der Waals surface area contributed by atoms with E-state index in [2.05, 4.69) is 12.2 Å². The lowest BCUT2D eigenvalue weighted by Gasteiger charge is -2.16. The van der Waals surface area contributed by atoms with Gasteiger partial charge in [0.25, 0.3) is 11.8 Å². The number of carbonyl (C=O) groups is 2. The minimum Gasteiger partial charge on any atom is -0.495 e. The first kappa shape index (κ1) is 23.6. The number of carbonyl (C=O) groups excluding carboxylic acids is 2. The summed E-state index contributed by atoms with van der Waals surface area (Å²) >= 11 is 1.29. The molecule has 2 amide bonds. The zero-order chi connectivity index (χ0) is 24.1. The Labute approximate surface area is 204 Å². The van der Waals surface area contributed by atoms with E-state index in [4.69, 9.17) is 4.74 Å². The maximum Gasteiger partial charge on any atom is 0.283 e. The third-order valence-electron chi connectivity index (χ3n) is 5.63. The van der Waals surface area contributed by atoms with Gasteiger partial charge in [-0.2, -0.15) is 0 Å². The fraction of sp³-hybridized carbons (Fsp3) is 0.214. The molecule has 0 atom stereocenters. The summed E-state index contributed by atoms with van der Waals surface area (Å²) in [6.07, 6.45) is 3.20. The lowest BCUT2D eigenvalue weighted by Crippen LogP contribution is -2.32. The second kappa shape index (κ2) is 10.6. The zero-order valence-corrected chi connectivity index (χ0v) is 20.4. The van der Waals surface area contributed by atoms with Crippen LogP contribution in [0.25, 0.3) is 0 Å². The number of hydrogen-bond acceptors (Lipinski definition) is 5. The molecule has 174 valence electrons. The lowest BCUT2D eigenvalue weighted by molar-refractivity contribution is -0.120. The standard InChI is InChI=1S/C28H28N2O3S/c1-4-5-9-20-13-15-21(16-14-20)30-27(31)25(29-23-18-19(2)12-17-24(23)33-3)26(28(30)32)34-22-10-7-6-8-11-22/h6-8,10-18,29H,4-5,9H2,1-3H3. The molecule has 34 heavy (non-hydrogen) atoms. The number of rotatable bonds is 9. The highest BCUT2D eigenvalue weighted by Crippen LogP contribution is 2.39. The molecular weight excluding hydrogens is 444 g/mol. The van der Waals surface area contributed by atoms with E-state index >= 15 is 0 Å². The van der Waals surface area contributed by atoms with Crippen molar-refractivity contribution in [1.29, 1.82) is 0 Å². The number of anilines is 2. The van der Waals surface area contributed by atoms with Crippen molar-refractivity contribution < 1.29 is 14.3 Å². The quantitative estimate of drug-likeness (QED) is 0.369. The van der Waals surface area contributed by atoms with Crippen molar-refractivity contribution >= 4 is 35.0 Å². The predicted octanol–water partition coefficient (Wildman–Crippen LogP) is 6.34. The highest BCUT2D eigenvalue weighted by atomic mass is 32.2. The Morgan fingerprint density at radius 3 is 2.35 bits per heavy atom. The molecule has 0 unspecified atom stereocenters. The predicted molar refractivity (Wildman–Crippen MR) is 138 cm³/mol. The third-order valence-corrected chi connectivity index (χ3v) is 6.72. The molecule has 3 aromatic carbocycles. The number of ether oxygens (including phenoxy) is 1. The number of amides is 2. The molecule has 0 saturated heterocycles. The number of imide groups is 1. The normalized spacial score (nSPS) is 13.6. The van der Waals surface area contributed by atoms with Crippen molar-refractivity contribution in [3.63, 3.8) is 0 Å². The van der Waals surface area contributed by atoms with Crippen LogP contribution in [0.2, 0.25) is 0 Å². The van der Waals surface area contributed by atoms with Crippen molar-refractivity contribution in [2.45, 2.75) is 38.0 Å². The van der Waals surface area contributed by atoms with Crippen LogP contribution in [0.3, 0.4) is 0 Å². The monoisotopic (exact) mass is 472 g/mol. The second-order valence-electron chi connectivity index (χ2n) is 8.16. The van der Waals surface area contributed by atoms with E-state index in [1.165, 1.54) is 22.2 Å². The highest BCUT2D eigenvalue weighted by Gasteiger charge is 2.40. The van der Waals surface area contributed by atoms with E-state index in [1.807, 2.05) is 79.7 Å². The number of nitrogens with zero attached hydrogens (tertiary/aromatic N) is 1. The molecule has 6 heteroatoms. The van der Waals surface area contributed by atoms with Crippen LogP contribution >= 0.6 is 11.8 Å². The van der Waals surface area contributed by atoms with Gasteiger partial charge in [0.1, 0.15) is 16.4 Å². The van der Waals surface area contributed by atoms with E-state index < -0.39 is 0 Å². The number of methoxy groups -OCH3 is 1. The summed E-state index contributed by atoms with van der Waals surface area (Å²) in [6.45, 7) is 4.12. The Hall–Kier alpha value is -3.51. The molecule has 0 bridgehead atoms. The molecular formula is C28H28N2O3S. The van der Waals surface area contributed by atoms with Gasteiger partial charge in [0.15, 0.2) is 0 Å². The molecule has 0 aliphatic carbocycles. The highest BCUT2D eigenvalue weighted by molar-refractivity contribution is 8.04. The average molecular weight is 473 g/mol. The molecule has 1 aliphatic heterocycles. The number of benzene rings is 3. The summed E-state index contributed by atoms with van der Waals surface area (Å²) in [5.74, 6) is -0.122. The fourth-order valence-corrected chi connectivity index (χ4v) is 4.75. The Bertz CT molecular complexity index is 1220. The van der Waals surface area contributed by atoms with Crippen LogP contribution in [0, 0.1) is 6.92 Å². The minimum absolute atomic E-state index is 0.248. The summed E-state index contributed by atoms with van der Waals surface area (Å²) in [5.41, 5.74) is 3.66. The molecule has 3 aromatic rings. The van der Waals surface area contributed by atoms with Gasteiger partial charge in [0.05, 0.1) is 18.5 Å². The van der Waals surface area contributed by atoms with Crippen LogP contribution in [-0.2, 0) is 16.0 Å². The van der Waals surface area contributed by atoms with Gasteiger partial charge in [-0.3, -0.25) is 9.59 Å². The van der Waals surface area contributed by atoms with E-state index in [9.17, 15) is 9.59 Å². The number of thioether (sulfide) groups is 1. The largest absolute Gasteiger partial charge is 0.495 e. The molecule has 0 spiro atoms. The second-order valence-corrected chi connectivity index (χ2v) is 9.25. The van der Waals surface area contributed by atoms with Crippen LogP contribution in [-0.4, -0.2) is 18.9 Å². The van der Waals surface area contributed by atoms with Gasteiger partial charge in [-0.1, -0.05) is 61.5 Å². The number of aryl methyl sites for hydroxylation is 2. The maximum atomic E-state index is 13.6. The Morgan fingerprint density at radius 1 is 0.941 bits per heavy atom. The first-order valence-electron chi connectivity index (χ1n) is 11.4. The van der Waals surface area contributed by atoms with Crippen molar-refractivity contribution in [3.05, 3.63) is 94.5 Å². The molecule has 1 aliphatic rings. The average Bonchev–Trinajstić information content (AvgIpc) is 3.08. The summed E-state index contributed by atoms with van der Waals surface area (Å²) in [6, 6.07) is 22.9. The first-order valence-corrected chi connectivity index (χ1v) is 12.2. The van der Waals surface area contributed by atoms with Gasteiger partial charge in [-0.05, 0) is 67.3 Å². The van der Waals surface area contributed by atoms with Gasteiger partial charge >= 0.3 is 0 Å². The number of nitrogens with one attached hydrogen (secondary N) is 1. The van der Waals surface area contributed by atoms with Gasteiger partial charge in [-0.25, -0.2) is 4.90 Å². The molecule has 5 nitrogen and oxygen atoms in total. The van der Waals surface area contributed by atoms with Gasteiger partial charge in [0, 0.05) is 4.90 Å². The Morgan fingerprint density at radius 2 is 1.68 bits per heavy atom. The van der Waals surface area contributed by atoms with E-state index in [0.717, 1.165) is 29.7 Å². The summed E-state index contributed by atoms with van der Waals surface area (Å²) in [5, 5.41) is 3.21. The van der Waals surface area contributed by atoms with Crippen molar-refractivity contribution in [2.75, 3.05) is 17.3 Å². The van der Waals surface area contributed by atoms with Crippen molar-refractivity contribution in [1.82, 2.24) is 0 Å². The van der Waals surface area contributed by atoms with Crippen LogP contribution in [0.15, 0.2) is 88.3 Å². The smallest absolute Gasteiger partial charge is 0.283 e. The molecule has 1 heterocycles. The van der Waals surface area contributed by atoms with Gasteiger partial charge in [-0.15, -0.1) is 0 Å². The van der Waals surface area contributed by atoms with Gasteiger partial charge in [0.2, 0.25) is 0 Å². The summed E-state index contributed by atoms with van der Waals surface area (Å²) in [4.78, 5) is 29.6. The van der Waals surface area contributed by atoms with Gasteiger partial charge < -0.3 is 10.1 Å². The molecule has 0 fully saturated rings. The van der Waals surface area contributed by atoms with E-state index in [1.54, 1.807) is 7.11 Å². The van der Waals surface area contributed by atoms with Crippen LogP contribution in [0.5, 0.6) is 5.75 Å². The van der Waals surface area contributed by atoms with Crippen molar-refractivity contribution in [2.24, 2.45) is 0 Å². The number of unbranched alkanes of at least 4 members (excludes halogenated alkanes) is 1.